The zero-order valence-electron chi connectivity index (χ0n) is 17.6. The molecule has 1 aromatic carbocycles. The number of aromatic nitrogens is 7. The van der Waals surface area contributed by atoms with E-state index in [0.29, 0.717) is 22.7 Å². The maximum absolute atomic E-state index is 12.1. The van der Waals surface area contributed by atoms with E-state index < -0.39 is 24.0 Å². The number of para-hydroxylation sites is 1. The maximum atomic E-state index is 12.1. The fraction of sp³-hybridized carbons (Fsp3) is 0.227. The molecule has 0 radical (unpaired) electrons. The first-order chi connectivity index (χ1) is 16.3. The van der Waals surface area contributed by atoms with Gasteiger partial charge in [0.2, 0.25) is 0 Å². The van der Waals surface area contributed by atoms with E-state index in [4.69, 9.17) is 0 Å². The summed E-state index contributed by atoms with van der Waals surface area (Å²) in [7, 11) is 0. The number of hydrogen-bond donors (Lipinski definition) is 2. The third kappa shape index (κ3) is 4.47. The molecule has 1 aliphatic rings. The van der Waals surface area contributed by atoms with Crippen LogP contribution in [0.2, 0.25) is 0 Å². The van der Waals surface area contributed by atoms with Gasteiger partial charge >= 0.3 is 11.9 Å². The third-order valence-electron chi connectivity index (χ3n) is 5.38. The predicted molar refractivity (Wildman–Crippen MR) is 117 cm³/mol. The van der Waals surface area contributed by atoms with Gasteiger partial charge in [0.25, 0.3) is 5.56 Å². The molecule has 0 amide bonds. The lowest BCUT2D eigenvalue weighted by Crippen LogP contribution is -2.23. The molecule has 6 rings (SSSR count). The van der Waals surface area contributed by atoms with Crippen molar-refractivity contribution in [1.82, 2.24) is 34.3 Å². The summed E-state index contributed by atoms with van der Waals surface area (Å²) in [4.78, 5) is 31.9. The highest BCUT2D eigenvalue weighted by Gasteiger charge is 2.29. The van der Waals surface area contributed by atoms with E-state index in [9.17, 15) is 22.8 Å². The van der Waals surface area contributed by atoms with Crippen LogP contribution in [-0.4, -0.2) is 40.5 Å². The zero-order valence-corrected chi connectivity index (χ0v) is 17.6. The SMILES string of the molecule is FC(F)(F)Cn1ncc2ccccc21.O=c1[nH]cc(-c2cc(C3CC3)c3nccn3n2)c(=O)[nH]1. The lowest BCUT2D eigenvalue weighted by molar-refractivity contribution is -0.141. The van der Waals surface area contributed by atoms with Crippen LogP contribution in [0.5, 0.6) is 0 Å². The molecular formula is C22H18F3N7O2. The summed E-state index contributed by atoms with van der Waals surface area (Å²) < 4.78 is 38.9. The summed E-state index contributed by atoms with van der Waals surface area (Å²) in [6.07, 6.45) is 4.31. The highest BCUT2D eigenvalue weighted by molar-refractivity contribution is 5.78. The quantitative estimate of drug-likeness (QED) is 0.421. The molecule has 1 fully saturated rings. The molecule has 0 atom stereocenters. The first-order valence-corrected chi connectivity index (χ1v) is 10.4. The van der Waals surface area contributed by atoms with Crippen molar-refractivity contribution >= 4 is 16.6 Å². The Balaban J connectivity index is 0.000000152. The third-order valence-corrected chi connectivity index (χ3v) is 5.38. The number of hydrogen-bond acceptors (Lipinski definition) is 5. The molecular weight excluding hydrogens is 451 g/mol. The summed E-state index contributed by atoms with van der Waals surface area (Å²) >= 11 is 0. The molecule has 4 heterocycles. The number of alkyl halides is 3. The Morgan fingerprint density at radius 3 is 2.68 bits per heavy atom. The van der Waals surface area contributed by atoms with Crippen molar-refractivity contribution in [2.45, 2.75) is 31.5 Å². The van der Waals surface area contributed by atoms with Gasteiger partial charge in [-0.3, -0.25) is 14.5 Å². The van der Waals surface area contributed by atoms with Crippen molar-refractivity contribution in [3.63, 3.8) is 0 Å². The molecule has 0 saturated heterocycles. The summed E-state index contributed by atoms with van der Waals surface area (Å²) in [5.41, 5.74) is 2.36. The van der Waals surface area contributed by atoms with E-state index in [1.807, 2.05) is 6.07 Å². The Kier molecular flexibility index (Phi) is 5.27. The minimum absolute atomic E-state index is 0.349. The summed E-state index contributed by atoms with van der Waals surface area (Å²) in [6, 6.07) is 8.70. The molecule has 0 unspecified atom stereocenters. The molecule has 2 N–H and O–H groups in total. The van der Waals surface area contributed by atoms with Crippen molar-refractivity contribution in [2.24, 2.45) is 0 Å². The Labute approximate surface area is 188 Å². The van der Waals surface area contributed by atoms with E-state index in [-0.39, 0.29) is 0 Å². The van der Waals surface area contributed by atoms with E-state index in [0.717, 1.165) is 34.1 Å². The van der Waals surface area contributed by atoms with Gasteiger partial charge in [0, 0.05) is 29.5 Å². The second-order valence-electron chi connectivity index (χ2n) is 7.92. The topological polar surface area (TPSA) is 114 Å². The molecule has 9 nitrogen and oxygen atoms in total. The van der Waals surface area contributed by atoms with Gasteiger partial charge in [-0.25, -0.2) is 14.3 Å². The average Bonchev–Trinajstić information content (AvgIpc) is 3.39. The Morgan fingerprint density at radius 1 is 1.15 bits per heavy atom. The Hall–Kier alpha value is -4.22. The number of rotatable bonds is 3. The van der Waals surface area contributed by atoms with Crippen LogP contribution in [0.4, 0.5) is 13.2 Å². The van der Waals surface area contributed by atoms with Gasteiger partial charge in [-0.2, -0.15) is 23.4 Å². The van der Waals surface area contributed by atoms with Crippen LogP contribution in [0.3, 0.4) is 0 Å². The van der Waals surface area contributed by atoms with Gasteiger partial charge in [0.1, 0.15) is 6.54 Å². The van der Waals surface area contributed by atoms with Crippen LogP contribution in [-0.2, 0) is 6.54 Å². The number of fused-ring (bicyclic) bond motifs is 2. The van der Waals surface area contributed by atoms with Crippen molar-refractivity contribution in [2.75, 3.05) is 0 Å². The molecule has 174 valence electrons. The molecule has 0 bridgehead atoms. The smallest absolute Gasteiger partial charge is 0.313 e. The normalized spacial score (nSPS) is 13.7. The van der Waals surface area contributed by atoms with Gasteiger partial charge in [-0.1, -0.05) is 18.2 Å². The maximum Gasteiger partial charge on any atom is 0.408 e. The number of benzene rings is 1. The standard InChI is InChI=1S/C13H11N5O2.C9H7F3N2/c19-12-9(6-15-13(20)16-12)10-5-8(7-1-2-7)11-14-3-4-18(11)17-10;10-9(11,12)6-14-8-4-2-1-3-7(8)5-13-14/h3-7H,1-2H2,(H2,15,16,19,20);1-5H,6H2. The van der Waals surface area contributed by atoms with E-state index in [2.05, 4.69) is 25.1 Å². The second kappa shape index (κ2) is 8.28. The fourth-order valence-electron chi connectivity index (χ4n) is 3.69. The molecule has 12 heteroatoms. The second-order valence-corrected chi connectivity index (χ2v) is 7.92. The summed E-state index contributed by atoms with van der Waals surface area (Å²) in [6.45, 7) is -1.04. The molecule has 34 heavy (non-hydrogen) atoms. The van der Waals surface area contributed by atoms with Gasteiger partial charge < -0.3 is 4.98 Å². The summed E-state index contributed by atoms with van der Waals surface area (Å²) in [5.74, 6) is 0.489. The molecule has 4 aromatic heterocycles. The minimum Gasteiger partial charge on any atom is -0.313 e. The van der Waals surface area contributed by atoms with Gasteiger partial charge in [-0.15, -0.1) is 0 Å². The van der Waals surface area contributed by atoms with Crippen LogP contribution < -0.4 is 11.2 Å². The number of nitrogens with zero attached hydrogens (tertiary/aromatic N) is 5. The monoisotopic (exact) mass is 469 g/mol. The van der Waals surface area contributed by atoms with Crippen LogP contribution >= 0.6 is 0 Å². The number of imidazole rings is 1. The number of H-pyrrole nitrogens is 2. The van der Waals surface area contributed by atoms with Gasteiger partial charge in [0.05, 0.1) is 23.0 Å². The minimum atomic E-state index is -4.23. The Morgan fingerprint density at radius 2 is 1.94 bits per heavy atom. The number of aromatic amines is 2. The average molecular weight is 469 g/mol. The van der Waals surface area contributed by atoms with Crippen molar-refractivity contribution in [1.29, 1.82) is 0 Å². The predicted octanol–water partition coefficient (Wildman–Crippen LogP) is 3.25. The van der Waals surface area contributed by atoms with Crippen LogP contribution in [0.1, 0.15) is 24.3 Å². The fourth-order valence-corrected chi connectivity index (χ4v) is 3.69. The van der Waals surface area contributed by atoms with Crippen molar-refractivity contribution in [3.8, 4) is 11.3 Å². The molecule has 1 aliphatic carbocycles. The highest BCUT2D eigenvalue weighted by atomic mass is 19.4. The molecule has 1 saturated carbocycles. The highest BCUT2D eigenvalue weighted by Crippen LogP contribution is 2.42. The first kappa shape index (κ1) is 21.6. The van der Waals surface area contributed by atoms with Crippen LogP contribution in [0.15, 0.2) is 64.7 Å². The van der Waals surface area contributed by atoms with Crippen molar-refractivity contribution in [3.05, 3.63) is 81.5 Å². The van der Waals surface area contributed by atoms with E-state index in [1.54, 1.807) is 41.2 Å². The van der Waals surface area contributed by atoms with Crippen LogP contribution in [0.25, 0.3) is 27.8 Å². The molecule has 5 aromatic rings. The lowest BCUT2D eigenvalue weighted by atomic mass is 10.1. The number of halogens is 3. The van der Waals surface area contributed by atoms with Crippen molar-refractivity contribution < 1.29 is 13.2 Å². The van der Waals surface area contributed by atoms with Crippen LogP contribution in [0, 0.1) is 0 Å². The molecule has 0 spiro atoms. The van der Waals surface area contributed by atoms with Gasteiger partial charge in [-0.05, 0) is 30.9 Å². The van der Waals surface area contributed by atoms with E-state index in [1.165, 1.54) is 12.4 Å². The molecule has 0 aliphatic heterocycles. The largest absolute Gasteiger partial charge is 0.408 e. The van der Waals surface area contributed by atoms with Gasteiger partial charge in [0.15, 0.2) is 5.65 Å². The first-order valence-electron chi connectivity index (χ1n) is 10.4. The lowest BCUT2D eigenvalue weighted by Gasteiger charge is -2.06. The zero-order chi connectivity index (χ0) is 23.9. The number of nitrogens with one attached hydrogen (secondary N) is 2. The summed E-state index contributed by atoms with van der Waals surface area (Å²) in [5, 5.41) is 8.78. The Bertz CT molecular complexity index is 1590. The van der Waals surface area contributed by atoms with E-state index >= 15 is 0 Å².